The summed E-state index contributed by atoms with van der Waals surface area (Å²) in [5.74, 6) is 2.80. The van der Waals surface area contributed by atoms with Crippen molar-refractivity contribution in [2.45, 2.75) is 38.8 Å². The van der Waals surface area contributed by atoms with Gasteiger partial charge < -0.3 is 15.1 Å². The first-order chi connectivity index (χ1) is 9.47. The van der Waals surface area contributed by atoms with Crippen molar-refractivity contribution in [1.29, 1.82) is 0 Å². The van der Waals surface area contributed by atoms with E-state index in [0.717, 1.165) is 30.5 Å². The summed E-state index contributed by atoms with van der Waals surface area (Å²) in [4.78, 5) is 4.79. The maximum absolute atomic E-state index is 6.21. The predicted molar refractivity (Wildman–Crippen MR) is 82.7 cm³/mol. The van der Waals surface area contributed by atoms with E-state index in [1.165, 1.54) is 19.4 Å². The van der Waals surface area contributed by atoms with Crippen molar-refractivity contribution in [2.75, 3.05) is 33.7 Å². The van der Waals surface area contributed by atoms with E-state index in [0.29, 0.717) is 0 Å². The second-order valence-electron chi connectivity index (χ2n) is 6.49. The molecule has 0 saturated carbocycles. The largest absolute Gasteiger partial charge is 0.465 e. The van der Waals surface area contributed by atoms with Crippen molar-refractivity contribution in [3.63, 3.8) is 0 Å². The van der Waals surface area contributed by atoms with Crippen LogP contribution in [0.25, 0.3) is 0 Å². The van der Waals surface area contributed by atoms with Gasteiger partial charge in [-0.3, -0.25) is 4.90 Å². The van der Waals surface area contributed by atoms with Crippen molar-refractivity contribution >= 4 is 0 Å². The highest BCUT2D eigenvalue weighted by atomic mass is 16.3. The molecule has 0 amide bonds. The molecule has 1 aromatic rings. The molecule has 2 atom stereocenters. The van der Waals surface area contributed by atoms with Gasteiger partial charge in [-0.25, -0.2) is 0 Å². The van der Waals surface area contributed by atoms with Crippen LogP contribution in [-0.4, -0.2) is 49.6 Å². The Morgan fingerprint density at radius 3 is 2.45 bits per heavy atom. The highest BCUT2D eigenvalue weighted by Gasteiger charge is 2.30. The molecular formula is C16H29N3O. The molecule has 0 spiro atoms. The van der Waals surface area contributed by atoms with Crippen LogP contribution in [0.2, 0.25) is 0 Å². The maximum Gasteiger partial charge on any atom is 0.122 e. The molecule has 0 radical (unpaired) electrons. The third-order valence-corrected chi connectivity index (χ3v) is 4.22. The van der Waals surface area contributed by atoms with Crippen molar-refractivity contribution < 1.29 is 4.42 Å². The fourth-order valence-electron chi connectivity index (χ4n) is 3.31. The molecule has 1 saturated heterocycles. The van der Waals surface area contributed by atoms with E-state index in [2.05, 4.69) is 36.9 Å². The number of aryl methyl sites for hydroxylation is 1. The van der Waals surface area contributed by atoms with Crippen LogP contribution in [0.5, 0.6) is 0 Å². The molecule has 1 aliphatic heterocycles. The maximum atomic E-state index is 6.21. The minimum Gasteiger partial charge on any atom is -0.465 e. The molecule has 2 unspecified atom stereocenters. The molecule has 4 heteroatoms. The Labute approximate surface area is 122 Å². The molecule has 0 bridgehead atoms. The first-order valence-electron chi connectivity index (χ1n) is 7.68. The summed E-state index contributed by atoms with van der Waals surface area (Å²) < 4.78 is 5.82. The van der Waals surface area contributed by atoms with Crippen molar-refractivity contribution in [1.82, 2.24) is 9.80 Å². The lowest BCUT2D eigenvalue weighted by atomic mass is 9.93. The highest BCUT2D eigenvalue weighted by molar-refractivity contribution is 5.12. The van der Waals surface area contributed by atoms with Crippen LogP contribution in [0.1, 0.15) is 37.3 Å². The molecule has 0 aromatic carbocycles. The van der Waals surface area contributed by atoms with Crippen molar-refractivity contribution in [3.05, 3.63) is 23.7 Å². The molecule has 2 heterocycles. The quantitative estimate of drug-likeness (QED) is 0.898. The van der Waals surface area contributed by atoms with E-state index in [1.54, 1.807) is 0 Å². The van der Waals surface area contributed by atoms with E-state index in [4.69, 9.17) is 10.2 Å². The number of piperidine rings is 1. The van der Waals surface area contributed by atoms with Crippen LogP contribution < -0.4 is 5.73 Å². The number of rotatable bonds is 5. The molecule has 2 N–H and O–H groups in total. The molecule has 4 nitrogen and oxygen atoms in total. The summed E-state index contributed by atoms with van der Waals surface area (Å²) in [5, 5.41) is 0. The fourth-order valence-corrected chi connectivity index (χ4v) is 3.31. The van der Waals surface area contributed by atoms with Gasteiger partial charge in [0.05, 0.1) is 6.04 Å². The van der Waals surface area contributed by atoms with Crippen LogP contribution in [-0.2, 0) is 0 Å². The Hall–Kier alpha value is -0.840. The van der Waals surface area contributed by atoms with Crippen LogP contribution in [0.15, 0.2) is 16.5 Å². The number of hydrogen-bond acceptors (Lipinski definition) is 4. The fraction of sp³-hybridized carbons (Fsp3) is 0.750. The summed E-state index contributed by atoms with van der Waals surface area (Å²) in [7, 11) is 4.31. The molecule has 20 heavy (non-hydrogen) atoms. The zero-order chi connectivity index (χ0) is 14.7. The lowest BCUT2D eigenvalue weighted by Crippen LogP contribution is -2.44. The van der Waals surface area contributed by atoms with Crippen molar-refractivity contribution in [3.8, 4) is 0 Å². The Morgan fingerprint density at radius 2 is 2.00 bits per heavy atom. The summed E-state index contributed by atoms with van der Waals surface area (Å²) in [6.45, 7) is 7.49. The number of likely N-dealkylation sites (tertiary alicyclic amines) is 1. The third kappa shape index (κ3) is 3.84. The Morgan fingerprint density at radius 1 is 1.35 bits per heavy atom. The second-order valence-corrected chi connectivity index (χ2v) is 6.49. The summed E-state index contributed by atoms with van der Waals surface area (Å²) in [5.41, 5.74) is 6.21. The van der Waals surface area contributed by atoms with Gasteiger partial charge in [0.15, 0.2) is 0 Å². The summed E-state index contributed by atoms with van der Waals surface area (Å²) >= 11 is 0. The normalized spacial score (nSPS) is 21.3. The van der Waals surface area contributed by atoms with Gasteiger partial charge in [0.1, 0.15) is 11.5 Å². The Bertz CT molecular complexity index is 406. The first kappa shape index (κ1) is 15.5. The molecule has 0 aliphatic carbocycles. The van der Waals surface area contributed by atoms with Crippen LogP contribution in [0, 0.1) is 12.8 Å². The SMILES string of the molecule is Cc1ccc(C(C(C)N)N2CCC(CN(C)C)CC2)o1. The molecular weight excluding hydrogens is 250 g/mol. The minimum atomic E-state index is 0.0888. The van der Waals surface area contributed by atoms with Gasteiger partial charge >= 0.3 is 0 Å². The van der Waals surface area contributed by atoms with Crippen LogP contribution in [0.4, 0.5) is 0 Å². The van der Waals surface area contributed by atoms with Gasteiger partial charge in [0.25, 0.3) is 0 Å². The highest BCUT2D eigenvalue weighted by Crippen LogP contribution is 2.30. The summed E-state index contributed by atoms with van der Waals surface area (Å²) in [6.07, 6.45) is 2.50. The van der Waals surface area contributed by atoms with Gasteiger partial charge in [0.2, 0.25) is 0 Å². The zero-order valence-corrected chi connectivity index (χ0v) is 13.3. The molecule has 2 rings (SSSR count). The summed E-state index contributed by atoms with van der Waals surface area (Å²) in [6, 6.07) is 4.41. The number of furan rings is 1. The second kappa shape index (κ2) is 6.74. The van der Waals surface area contributed by atoms with E-state index in [9.17, 15) is 0 Å². The average molecular weight is 279 g/mol. The van der Waals surface area contributed by atoms with Gasteiger partial charge in [-0.2, -0.15) is 0 Å². The van der Waals surface area contributed by atoms with Gasteiger partial charge in [-0.05, 0) is 71.9 Å². The monoisotopic (exact) mass is 279 g/mol. The number of nitrogens with two attached hydrogens (primary N) is 1. The van der Waals surface area contributed by atoms with Crippen LogP contribution >= 0.6 is 0 Å². The van der Waals surface area contributed by atoms with E-state index < -0.39 is 0 Å². The lowest BCUT2D eigenvalue weighted by molar-refractivity contribution is 0.0955. The van der Waals surface area contributed by atoms with Crippen LogP contribution in [0.3, 0.4) is 0 Å². The predicted octanol–water partition coefficient (Wildman–Crippen LogP) is 2.25. The number of hydrogen-bond donors (Lipinski definition) is 1. The van der Waals surface area contributed by atoms with E-state index in [1.807, 2.05) is 13.0 Å². The standard InChI is InChI=1S/C16H29N3O/c1-12-5-6-15(20-12)16(13(2)17)19-9-7-14(8-10-19)11-18(3)4/h5-6,13-14,16H,7-11,17H2,1-4H3. The van der Waals surface area contributed by atoms with Gasteiger partial charge in [0, 0.05) is 12.6 Å². The minimum absolute atomic E-state index is 0.0888. The molecule has 1 aromatic heterocycles. The molecule has 1 fully saturated rings. The van der Waals surface area contributed by atoms with Crippen molar-refractivity contribution in [2.24, 2.45) is 11.7 Å². The van der Waals surface area contributed by atoms with Gasteiger partial charge in [-0.15, -0.1) is 0 Å². The van der Waals surface area contributed by atoms with E-state index >= 15 is 0 Å². The lowest BCUT2D eigenvalue weighted by Gasteiger charge is -2.39. The molecule has 1 aliphatic rings. The average Bonchev–Trinajstić information content (AvgIpc) is 2.77. The Kier molecular flexibility index (Phi) is 5.24. The smallest absolute Gasteiger partial charge is 0.122 e. The van der Waals surface area contributed by atoms with E-state index in [-0.39, 0.29) is 12.1 Å². The first-order valence-corrected chi connectivity index (χ1v) is 7.68. The number of nitrogens with zero attached hydrogens (tertiary/aromatic N) is 2. The zero-order valence-electron chi connectivity index (χ0n) is 13.3. The topological polar surface area (TPSA) is 45.6 Å². The third-order valence-electron chi connectivity index (χ3n) is 4.22. The molecule has 114 valence electrons. The van der Waals surface area contributed by atoms with Gasteiger partial charge in [-0.1, -0.05) is 0 Å². The Balaban J connectivity index is 1.99.